The first-order valence-corrected chi connectivity index (χ1v) is 11.9. The van der Waals surface area contributed by atoms with Crippen LogP contribution in [-0.4, -0.2) is 19.1 Å². The molecule has 0 bridgehead atoms. The summed E-state index contributed by atoms with van der Waals surface area (Å²) in [5.41, 5.74) is 7.95. The van der Waals surface area contributed by atoms with Crippen molar-refractivity contribution in [1.82, 2.24) is 19.1 Å². The zero-order chi connectivity index (χ0) is 23.7. The molecular weight excluding hydrogens is 428 g/mol. The quantitative estimate of drug-likeness (QED) is 0.271. The Kier molecular flexibility index (Phi) is 4.15. The fourth-order valence-electron chi connectivity index (χ4n) is 5.39. The van der Waals surface area contributed by atoms with Crippen molar-refractivity contribution in [3.8, 4) is 11.8 Å². The molecule has 3 aromatic heterocycles. The highest BCUT2D eigenvalue weighted by atomic mass is 15.2. The highest BCUT2D eigenvalue weighted by molar-refractivity contribution is 6.10. The zero-order valence-electron chi connectivity index (χ0n) is 19.9. The second kappa shape index (κ2) is 7.28. The first kappa shape index (κ1) is 20.0. The molecule has 0 aliphatic heterocycles. The molecule has 0 N–H and O–H groups in total. The van der Waals surface area contributed by atoms with E-state index in [9.17, 15) is 0 Å². The predicted octanol–water partition coefficient (Wildman–Crippen LogP) is 7.60. The van der Waals surface area contributed by atoms with E-state index in [0.717, 1.165) is 33.6 Å². The second-order valence-electron chi connectivity index (χ2n) is 9.41. The zero-order valence-corrected chi connectivity index (χ0v) is 19.9. The standard InChI is InChI=1S/C31H24N4/c1-19-12-14-28-24(16-19)22-8-4-6-10-26(22)34(28)30-18-21(3)32-31(33-30)35-27-11-7-5-9-23(27)25-17-20(2)13-15-29(25)35/h4-18H,1-3H3. The van der Waals surface area contributed by atoms with Gasteiger partial charge in [-0.25, -0.2) is 4.98 Å². The van der Waals surface area contributed by atoms with Crippen LogP contribution in [0.15, 0.2) is 91.0 Å². The summed E-state index contributed by atoms with van der Waals surface area (Å²) in [4.78, 5) is 10.1. The highest BCUT2D eigenvalue weighted by Gasteiger charge is 2.18. The first-order valence-electron chi connectivity index (χ1n) is 11.9. The summed E-state index contributed by atoms with van der Waals surface area (Å²) >= 11 is 0. The van der Waals surface area contributed by atoms with E-state index in [1.807, 2.05) is 6.92 Å². The van der Waals surface area contributed by atoms with Gasteiger partial charge in [-0.2, -0.15) is 4.98 Å². The number of hydrogen-bond acceptors (Lipinski definition) is 2. The summed E-state index contributed by atoms with van der Waals surface area (Å²) in [6.07, 6.45) is 0. The Bertz CT molecular complexity index is 1800. The van der Waals surface area contributed by atoms with Crippen molar-refractivity contribution in [2.75, 3.05) is 0 Å². The van der Waals surface area contributed by atoms with Crippen LogP contribution < -0.4 is 0 Å². The van der Waals surface area contributed by atoms with Crippen molar-refractivity contribution in [3.05, 3.63) is 108 Å². The van der Waals surface area contributed by atoms with E-state index in [2.05, 4.69) is 114 Å². The van der Waals surface area contributed by atoms with E-state index >= 15 is 0 Å². The Labute approximate surface area is 203 Å². The Balaban J connectivity index is 1.57. The molecule has 7 rings (SSSR count). The second-order valence-corrected chi connectivity index (χ2v) is 9.41. The van der Waals surface area contributed by atoms with Crippen LogP contribution >= 0.6 is 0 Å². The predicted molar refractivity (Wildman–Crippen MR) is 145 cm³/mol. The van der Waals surface area contributed by atoms with Gasteiger partial charge in [-0.1, -0.05) is 59.7 Å². The van der Waals surface area contributed by atoms with Gasteiger partial charge in [0.2, 0.25) is 5.95 Å². The lowest BCUT2D eigenvalue weighted by molar-refractivity contribution is 0.928. The van der Waals surface area contributed by atoms with E-state index in [1.165, 1.54) is 32.7 Å². The summed E-state index contributed by atoms with van der Waals surface area (Å²) < 4.78 is 4.46. The highest BCUT2D eigenvalue weighted by Crippen LogP contribution is 2.34. The van der Waals surface area contributed by atoms with Gasteiger partial charge in [0.25, 0.3) is 0 Å². The van der Waals surface area contributed by atoms with Gasteiger partial charge in [-0.3, -0.25) is 9.13 Å². The lowest BCUT2D eigenvalue weighted by Crippen LogP contribution is -2.07. The van der Waals surface area contributed by atoms with Crippen molar-refractivity contribution in [2.45, 2.75) is 20.8 Å². The number of para-hydroxylation sites is 2. The molecule has 0 unspecified atom stereocenters. The van der Waals surface area contributed by atoms with Crippen LogP contribution in [0.3, 0.4) is 0 Å². The number of benzene rings is 4. The first-order chi connectivity index (χ1) is 17.1. The molecule has 4 nitrogen and oxygen atoms in total. The maximum Gasteiger partial charge on any atom is 0.236 e. The number of hydrogen-bond donors (Lipinski definition) is 0. The molecule has 0 saturated carbocycles. The Morgan fingerprint density at radius 1 is 0.486 bits per heavy atom. The normalized spacial score (nSPS) is 11.9. The topological polar surface area (TPSA) is 35.6 Å². The van der Waals surface area contributed by atoms with Crippen LogP contribution in [0, 0.1) is 20.8 Å². The molecule has 35 heavy (non-hydrogen) atoms. The summed E-state index contributed by atoms with van der Waals surface area (Å²) in [5.74, 6) is 1.56. The third-order valence-electron chi connectivity index (χ3n) is 6.91. The van der Waals surface area contributed by atoms with Crippen LogP contribution in [0.4, 0.5) is 0 Å². The van der Waals surface area contributed by atoms with E-state index in [4.69, 9.17) is 9.97 Å². The van der Waals surface area contributed by atoms with Gasteiger partial charge >= 0.3 is 0 Å². The van der Waals surface area contributed by atoms with Gasteiger partial charge in [0.05, 0.1) is 22.1 Å². The molecular formula is C31H24N4. The summed E-state index contributed by atoms with van der Waals surface area (Å²) in [5, 5.41) is 4.91. The SMILES string of the molecule is Cc1ccc2c(c1)c1ccccc1n2-c1cc(C)nc(-n2c3ccccc3c3cc(C)ccc32)n1. The molecule has 168 valence electrons. The van der Waals surface area contributed by atoms with Crippen molar-refractivity contribution in [3.63, 3.8) is 0 Å². The molecule has 0 spiro atoms. The van der Waals surface area contributed by atoms with E-state index in [0.29, 0.717) is 5.95 Å². The molecule has 4 heteroatoms. The molecule has 0 saturated heterocycles. The maximum absolute atomic E-state index is 5.18. The van der Waals surface area contributed by atoms with Crippen LogP contribution in [-0.2, 0) is 0 Å². The average Bonchev–Trinajstić information content (AvgIpc) is 3.36. The summed E-state index contributed by atoms with van der Waals surface area (Å²) in [6.45, 7) is 6.32. The third-order valence-corrected chi connectivity index (χ3v) is 6.91. The van der Waals surface area contributed by atoms with Crippen molar-refractivity contribution in [1.29, 1.82) is 0 Å². The number of aryl methyl sites for hydroxylation is 3. The molecule has 3 heterocycles. The van der Waals surface area contributed by atoms with Gasteiger partial charge in [0, 0.05) is 33.3 Å². The van der Waals surface area contributed by atoms with Crippen molar-refractivity contribution < 1.29 is 0 Å². The lowest BCUT2D eigenvalue weighted by atomic mass is 10.1. The number of aromatic nitrogens is 4. The minimum Gasteiger partial charge on any atom is -0.294 e. The molecule has 0 fully saturated rings. The third kappa shape index (κ3) is 2.93. The van der Waals surface area contributed by atoms with E-state index in [-0.39, 0.29) is 0 Å². The molecule has 7 aromatic rings. The Morgan fingerprint density at radius 3 is 1.63 bits per heavy atom. The molecule has 0 amide bonds. The van der Waals surface area contributed by atoms with Crippen LogP contribution in [0.5, 0.6) is 0 Å². The van der Waals surface area contributed by atoms with Crippen molar-refractivity contribution >= 4 is 43.6 Å². The van der Waals surface area contributed by atoms with E-state index in [1.54, 1.807) is 0 Å². The monoisotopic (exact) mass is 452 g/mol. The van der Waals surface area contributed by atoms with Gasteiger partial charge < -0.3 is 0 Å². The molecule has 0 atom stereocenters. The van der Waals surface area contributed by atoms with Gasteiger partial charge in [-0.15, -0.1) is 0 Å². The smallest absolute Gasteiger partial charge is 0.236 e. The number of fused-ring (bicyclic) bond motifs is 6. The number of nitrogens with zero attached hydrogens (tertiary/aromatic N) is 4. The summed E-state index contributed by atoms with van der Waals surface area (Å²) in [6, 6.07) is 32.4. The average molecular weight is 453 g/mol. The van der Waals surface area contributed by atoms with E-state index < -0.39 is 0 Å². The molecule has 4 aromatic carbocycles. The van der Waals surface area contributed by atoms with Gasteiger partial charge in [0.15, 0.2) is 0 Å². The molecule has 0 aliphatic carbocycles. The molecule has 0 aliphatic rings. The van der Waals surface area contributed by atoms with Gasteiger partial charge in [0.1, 0.15) is 5.82 Å². The fraction of sp³-hybridized carbons (Fsp3) is 0.0968. The van der Waals surface area contributed by atoms with Crippen LogP contribution in [0.25, 0.3) is 55.4 Å². The minimum atomic E-state index is 0.688. The maximum atomic E-state index is 5.18. The fourth-order valence-corrected chi connectivity index (χ4v) is 5.39. The lowest BCUT2D eigenvalue weighted by Gasteiger charge is -2.12. The van der Waals surface area contributed by atoms with Gasteiger partial charge in [-0.05, 0) is 57.2 Å². The van der Waals surface area contributed by atoms with Crippen LogP contribution in [0.1, 0.15) is 16.8 Å². The molecule has 0 radical (unpaired) electrons. The van der Waals surface area contributed by atoms with Crippen LogP contribution in [0.2, 0.25) is 0 Å². The van der Waals surface area contributed by atoms with Crippen molar-refractivity contribution in [2.24, 2.45) is 0 Å². The largest absolute Gasteiger partial charge is 0.294 e. The Morgan fingerprint density at radius 2 is 1.00 bits per heavy atom. The summed E-state index contributed by atoms with van der Waals surface area (Å²) in [7, 11) is 0. The minimum absolute atomic E-state index is 0.688. The Hall–Kier alpha value is -4.44. The number of rotatable bonds is 2.